The summed E-state index contributed by atoms with van der Waals surface area (Å²) in [5.74, 6) is 2.22. The van der Waals surface area contributed by atoms with Crippen LogP contribution in [0.5, 0.6) is 0 Å². The predicted molar refractivity (Wildman–Crippen MR) is 203 cm³/mol. The molecule has 234 valence electrons. The van der Waals surface area contributed by atoms with Crippen LogP contribution in [0, 0.1) is 0 Å². The van der Waals surface area contributed by atoms with Crippen LogP contribution in [0.1, 0.15) is 52.4 Å². The molecule has 0 rings (SSSR count). The van der Waals surface area contributed by atoms with E-state index in [4.69, 9.17) is 44.3 Å². The van der Waals surface area contributed by atoms with Crippen molar-refractivity contribution in [1.29, 1.82) is 0 Å². The van der Waals surface area contributed by atoms with E-state index in [-0.39, 0.29) is 10.1 Å². The second-order valence-electron chi connectivity index (χ2n) is 15.9. The van der Waals surface area contributed by atoms with Crippen molar-refractivity contribution in [3.05, 3.63) is 0 Å². The summed E-state index contributed by atoms with van der Waals surface area (Å²) in [6.07, 6.45) is 6.82. The lowest BCUT2D eigenvalue weighted by Crippen LogP contribution is -2.59. The first-order valence-corrected chi connectivity index (χ1v) is 36.8. The lowest BCUT2D eigenvalue weighted by atomic mass is 10.0. The van der Waals surface area contributed by atoms with Crippen molar-refractivity contribution in [2.45, 2.75) is 141 Å². The average Bonchev–Trinajstić information content (AvgIpc) is 2.70. The van der Waals surface area contributed by atoms with Gasteiger partial charge in [-0.15, -0.1) is 44.3 Å². The maximum atomic E-state index is 6.69. The topological polar surface area (TPSA) is 6.48 Å². The molecule has 0 aromatic carbocycles. The van der Waals surface area contributed by atoms with E-state index in [0.29, 0.717) is 0 Å². The van der Waals surface area contributed by atoms with Crippen LogP contribution in [0.25, 0.3) is 0 Å². The maximum Gasteiger partial charge on any atom is 0.279 e. The van der Waals surface area contributed by atoms with E-state index >= 15 is 0 Å². The van der Waals surface area contributed by atoms with Crippen LogP contribution in [-0.4, -0.2) is 80.8 Å². The zero-order chi connectivity index (χ0) is 31.1. The zero-order valence-electron chi connectivity index (χ0n) is 27.9. The third-order valence-electron chi connectivity index (χ3n) is 7.97. The van der Waals surface area contributed by atoms with Crippen LogP contribution in [0.4, 0.5) is 0 Å². The van der Waals surface area contributed by atoms with E-state index in [9.17, 15) is 0 Å². The van der Waals surface area contributed by atoms with Crippen LogP contribution in [0.2, 0.25) is 88.6 Å². The maximum absolute atomic E-state index is 6.69. The molecule has 0 aromatic rings. The molecule has 0 saturated carbocycles. The Morgan fingerprint density at radius 2 is 0.769 bits per heavy atom. The fraction of sp³-hybridized carbons (Fsp3) is 1.00. The van der Waals surface area contributed by atoms with E-state index in [2.05, 4.69) is 101 Å². The molecule has 0 heterocycles. The monoisotopic (exact) mass is 742 g/mol. The summed E-state index contributed by atoms with van der Waals surface area (Å²) in [6.45, 7) is 36.8. The second kappa shape index (κ2) is 16.9. The lowest BCUT2D eigenvalue weighted by Gasteiger charge is -2.44. The summed E-state index contributed by atoms with van der Waals surface area (Å²) >= 11 is 28.8. The highest BCUT2D eigenvalue weighted by atomic mass is 35.7. The molecule has 0 aliphatic rings. The Labute approximate surface area is 275 Å². The predicted octanol–water partition coefficient (Wildman–Crippen LogP) is 11.5. The molecular formula is C26H62Cl4N2SSi6. The molecule has 0 spiro atoms. The van der Waals surface area contributed by atoms with E-state index in [0.717, 1.165) is 37.2 Å². The molecule has 0 aromatic heterocycles. The third kappa shape index (κ3) is 15.5. The Kier molecular flexibility index (Phi) is 18.1. The molecule has 39 heavy (non-hydrogen) atoms. The third-order valence-corrected chi connectivity index (χ3v) is 32.7. The minimum absolute atomic E-state index is 0.0553. The molecule has 13 heteroatoms. The Morgan fingerprint density at radius 3 is 0.974 bits per heavy atom. The molecule has 0 amide bonds. The van der Waals surface area contributed by atoms with Gasteiger partial charge in [-0.1, -0.05) is 92.4 Å². The average molecular weight is 745 g/mol. The van der Waals surface area contributed by atoms with Gasteiger partial charge in [0.25, 0.3) is 14.8 Å². The van der Waals surface area contributed by atoms with Crippen molar-refractivity contribution in [1.82, 2.24) is 8.46 Å². The molecule has 0 aliphatic carbocycles. The summed E-state index contributed by atoms with van der Waals surface area (Å²) in [5.41, 5.74) is 0. The van der Waals surface area contributed by atoms with Gasteiger partial charge in [0, 0.05) is 0 Å². The van der Waals surface area contributed by atoms with E-state index in [1.807, 2.05) is 11.8 Å². The first-order chi connectivity index (χ1) is 17.3. The van der Waals surface area contributed by atoms with Gasteiger partial charge in [-0.05, 0) is 73.2 Å². The normalized spacial score (nSPS) is 17.4. The number of hydrogen-bond acceptors (Lipinski definition) is 3. The highest BCUT2D eigenvalue weighted by Gasteiger charge is 2.39. The first kappa shape index (κ1) is 41.7. The Bertz CT molecular complexity index is 625. The van der Waals surface area contributed by atoms with Crippen LogP contribution in [-0.2, 0) is 0 Å². The number of rotatable bonds is 20. The fourth-order valence-electron chi connectivity index (χ4n) is 5.93. The van der Waals surface area contributed by atoms with Crippen molar-refractivity contribution in [2.24, 2.45) is 0 Å². The largest absolute Gasteiger partial charge is 0.346 e. The van der Waals surface area contributed by atoms with Gasteiger partial charge >= 0.3 is 0 Å². The van der Waals surface area contributed by atoms with Gasteiger partial charge in [-0.2, -0.15) is 11.8 Å². The van der Waals surface area contributed by atoms with Crippen LogP contribution >= 0.6 is 56.1 Å². The molecular weight excluding hydrogens is 683 g/mol. The highest BCUT2D eigenvalue weighted by molar-refractivity contribution is 7.99. The smallest absolute Gasteiger partial charge is 0.279 e. The number of thioether (sulfide) groups is 1. The van der Waals surface area contributed by atoms with Gasteiger partial charge in [0.15, 0.2) is 0 Å². The van der Waals surface area contributed by atoms with Gasteiger partial charge in [0.05, 0.1) is 0 Å². The molecule has 0 bridgehead atoms. The summed E-state index contributed by atoms with van der Waals surface area (Å²) < 4.78 is 5.77. The van der Waals surface area contributed by atoms with E-state index in [1.54, 1.807) is 0 Å². The Morgan fingerprint density at radius 1 is 0.513 bits per heavy atom. The summed E-state index contributed by atoms with van der Waals surface area (Å²) in [7, 11) is -8.14. The van der Waals surface area contributed by atoms with Gasteiger partial charge < -0.3 is 8.46 Å². The molecule has 0 aliphatic heterocycles. The Balaban J connectivity index is 4.92. The number of nitrogens with zero attached hydrogens (tertiary/aromatic N) is 2. The van der Waals surface area contributed by atoms with Crippen LogP contribution < -0.4 is 0 Å². The zero-order valence-corrected chi connectivity index (χ0v) is 37.7. The lowest BCUT2D eigenvalue weighted by molar-refractivity contribution is 0.474. The van der Waals surface area contributed by atoms with Gasteiger partial charge in [-0.25, -0.2) is 0 Å². The quantitative estimate of drug-likeness (QED) is 0.0696. The number of halogens is 4. The Hall–Kier alpha value is 2.73. The molecule has 0 fully saturated rings. The molecule has 2 nitrogen and oxygen atoms in total. The van der Waals surface area contributed by atoms with Crippen molar-refractivity contribution in [3.63, 3.8) is 0 Å². The molecule has 0 saturated heterocycles. The molecule has 2 radical (unpaired) electrons. The SMILES string of the molecule is CC(CCCN([Si](C)(C)C)[Si](C)(C)C)(CCSCCC(C)(CCCN([Si](C)(C)C)[Si](C)(C)C)[Si](Cl)Cl)[Si](Cl)Cl. The minimum atomic E-state index is -1.41. The highest BCUT2D eigenvalue weighted by Crippen LogP contribution is 2.46. The first-order valence-electron chi connectivity index (χ1n) is 14.8. The van der Waals surface area contributed by atoms with Gasteiger partial charge in [0.1, 0.15) is 32.9 Å². The standard InChI is InChI=1S/C26H62Cl4N2SSi6/c1-25(34(27)28,17-15-21-31(36(3,4)5)37(6,7)8)19-23-33-24-20-26(2,35(29)30)18-16-22-32(38(9,10)11)39(12,13)14/h15-24H2,1-14H3. The van der Waals surface area contributed by atoms with Gasteiger partial charge in [-0.3, -0.25) is 0 Å². The molecule has 2 atom stereocenters. The van der Waals surface area contributed by atoms with Crippen molar-refractivity contribution in [3.8, 4) is 0 Å². The van der Waals surface area contributed by atoms with Crippen molar-refractivity contribution in [2.75, 3.05) is 24.6 Å². The summed E-state index contributed by atoms with van der Waals surface area (Å²) in [5, 5.41) is 0.111. The minimum Gasteiger partial charge on any atom is -0.346 e. The summed E-state index contributed by atoms with van der Waals surface area (Å²) in [6, 6.07) is 0. The summed E-state index contributed by atoms with van der Waals surface area (Å²) in [4.78, 5) is 0. The second-order valence-corrected chi connectivity index (χ2v) is 46.7. The van der Waals surface area contributed by atoms with Crippen LogP contribution in [0.15, 0.2) is 0 Å². The van der Waals surface area contributed by atoms with Crippen molar-refractivity contribution >= 4 is 104 Å². The molecule has 0 N–H and O–H groups in total. The van der Waals surface area contributed by atoms with E-state index < -0.39 is 47.8 Å². The van der Waals surface area contributed by atoms with E-state index in [1.165, 1.54) is 25.9 Å². The number of hydrogen-bond donors (Lipinski definition) is 0. The van der Waals surface area contributed by atoms with Crippen molar-refractivity contribution < 1.29 is 0 Å². The molecule has 2 unspecified atom stereocenters. The van der Waals surface area contributed by atoms with Gasteiger partial charge in [0.2, 0.25) is 0 Å². The van der Waals surface area contributed by atoms with Crippen LogP contribution in [0.3, 0.4) is 0 Å². The fourth-order valence-corrected chi connectivity index (χ4v) is 30.7.